The first-order valence-corrected chi connectivity index (χ1v) is 6.92. The molecule has 1 saturated heterocycles. The SMILES string of the molecule is CCC1CN(c2cnccc2C(=N)N)CCS1. The number of nitrogens with zero attached hydrogens (tertiary/aromatic N) is 2. The van der Waals surface area contributed by atoms with Crippen LogP contribution in [0.2, 0.25) is 0 Å². The number of hydrogen-bond acceptors (Lipinski definition) is 4. The standard InChI is InChI=1S/C12H18N4S/c1-2-9-8-16(5-6-17-9)11-7-15-4-3-10(11)12(13)14/h3-4,7,9H,2,5-6,8H2,1H3,(H3,13,14). The molecule has 2 rings (SSSR count). The molecule has 0 bridgehead atoms. The Morgan fingerprint density at radius 1 is 1.71 bits per heavy atom. The van der Waals surface area contributed by atoms with Gasteiger partial charge in [0.25, 0.3) is 0 Å². The van der Waals surface area contributed by atoms with E-state index < -0.39 is 0 Å². The van der Waals surface area contributed by atoms with Crippen LogP contribution in [0.1, 0.15) is 18.9 Å². The summed E-state index contributed by atoms with van der Waals surface area (Å²) in [6.07, 6.45) is 4.69. The van der Waals surface area contributed by atoms with Gasteiger partial charge in [-0.1, -0.05) is 6.92 Å². The summed E-state index contributed by atoms with van der Waals surface area (Å²) in [5, 5.41) is 8.28. The fourth-order valence-electron chi connectivity index (χ4n) is 2.05. The molecule has 1 aromatic heterocycles. The Bertz CT molecular complexity index is 407. The van der Waals surface area contributed by atoms with Gasteiger partial charge in [-0.05, 0) is 12.5 Å². The van der Waals surface area contributed by atoms with Crippen LogP contribution in [0.15, 0.2) is 18.5 Å². The van der Waals surface area contributed by atoms with Crippen molar-refractivity contribution in [3.05, 3.63) is 24.0 Å². The van der Waals surface area contributed by atoms with Crippen LogP contribution in [-0.2, 0) is 0 Å². The van der Waals surface area contributed by atoms with E-state index in [0.717, 1.165) is 30.1 Å². The molecule has 4 nitrogen and oxygen atoms in total. The molecule has 5 heteroatoms. The zero-order valence-electron chi connectivity index (χ0n) is 10.0. The maximum absolute atomic E-state index is 7.61. The van der Waals surface area contributed by atoms with E-state index in [9.17, 15) is 0 Å². The van der Waals surface area contributed by atoms with Gasteiger partial charge in [0.05, 0.1) is 11.9 Å². The van der Waals surface area contributed by atoms with Gasteiger partial charge < -0.3 is 10.6 Å². The van der Waals surface area contributed by atoms with Crippen molar-refractivity contribution in [3.8, 4) is 0 Å². The number of aromatic nitrogens is 1. The topological polar surface area (TPSA) is 66.0 Å². The van der Waals surface area contributed by atoms with Crippen LogP contribution in [0.25, 0.3) is 0 Å². The summed E-state index contributed by atoms with van der Waals surface area (Å²) in [6, 6.07) is 1.82. The van der Waals surface area contributed by atoms with Crippen molar-refractivity contribution in [1.29, 1.82) is 5.41 Å². The highest BCUT2D eigenvalue weighted by molar-refractivity contribution is 8.00. The molecule has 2 heterocycles. The van der Waals surface area contributed by atoms with Crippen LogP contribution in [0.4, 0.5) is 5.69 Å². The smallest absolute Gasteiger partial charge is 0.125 e. The van der Waals surface area contributed by atoms with Gasteiger partial charge in [-0.3, -0.25) is 10.4 Å². The Kier molecular flexibility index (Phi) is 3.89. The van der Waals surface area contributed by atoms with E-state index in [1.807, 2.05) is 24.0 Å². The second-order valence-electron chi connectivity index (χ2n) is 4.15. The maximum atomic E-state index is 7.61. The molecule has 17 heavy (non-hydrogen) atoms. The van der Waals surface area contributed by atoms with Crippen molar-refractivity contribution in [2.45, 2.75) is 18.6 Å². The van der Waals surface area contributed by atoms with E-state index in [4.69, 9.17) is 11.1 Å². The lowest BCUT2D eigenvalue weighted by Crippen LogP contribution is -2.38. The number of nitrogens with one attached hydrogen (secondary N) is 1. The van der Waals surface area contributed by atoms with Gasteiger partial charge in [0, 0.05) is 35.9 Å². The average molecular weight is 250 g/mol. The Balaban J connectivity index is 2.24. The highest BCUT2D eigenvalue weighted by Crippen LogP contribution is 2.27. The molecule has 92 valence electrons. The number of anilines is 1. The van der Waals surface area contributed by atoms with E-state index in [2.05, 4.69) is 16.8 Å². The third-order valence-corrected chi connectivity index (χ3v) is 4.40. The minimum atomic E-state index is 0.119. The number of hydrogen-bond donors (Lipinski definition) is 2. The lowest BCUT2D eigenvalue weighted by Gasteiger charge is -2.34. The van der Waals surface area contributed by atoms with Crippen molar-refractivity contribution >= 4 is 23.3 Å². The molecule has 0 spiro atoms. The molecule has 0 aliphatic carbocycles. The first-order valence-electron chi connectivity index (χ1n) is 5.87. The minimum Gasteiger partial charge on any atom is -0.384 e. The highest BCUT2D eigenvalue weighted by Gasteiger charge is 2.21. The van der Waals surface area contributed by atoms with Gasteiger partial charge in [0.2, 0.25) is 0 Å². The monoisotopic (exact) mass is 250 g/mol. The van der Waals surface area contributed by atoms with E-state index >= 15 is 0 Å². The molecule has 1 atom stereocenters. The number of pyridine rings is 1. The molecular formula is C12H18N4S. The Hall–Kier alpha value is -1.23. The summed E-state index contributed by atoms with van der Waals surface area (Å²) in [6.45, 7) is 4.25. The predicted molar refractivity (Wildman–Crippen MR) is 74.0 cm³/mol. The van der Waals surface area contributed by atoms with Crippen LogP contribution in [0, 0.1) is 5.41 Å². The van der Waals surface area contributed by atoms with Crippen molar-refractivity contribution in [1.82, 2.24) is 4.98 Å². The van der Waals surface area contributed by atoms with Crippen molar-refractivity contribution in [2.75, 3.05) is 23.7 Å². The molecule has 1 unspecified atom stereocenters. The largest absolute Gasteiger partial charge is 0.384 e. The summed E-state index contributed by atoms with van der Waals surface area (Å²) in [5.74, 6) is 1.25. The Morgan fingerprint density at radius 3 is 3.24 bits per heavy atom. The molecule has 0 radical (unpaired) electrons. The van der Waals surface area contributed by atoms with Gasteiger partial charge in [-0.2, -0.15) is 11.8 Å². The second-order valence-corrected chi connectivity index (χ2v) is 5.56. The maximum Gasteiger partial charge on any atom is 0.125 e. The zero-order valence-corrected chi connectivity index (χ0v) is 10.8. The molecular weight excluding hydrogens is 232 g/mol. The van der Waals surface area contributed by atoms with E-state index in [1.165, 1.54) is 6.42 Å². The molecule has 0 saturated carbocycles. The Morgan fingerprint density at radius 2 is 2.53 bits per heavy atom. The molecule has 3 N–H and O–H groups in total. The summed E-state index contributed by atoms with van der Waals surface area (Å²) in [5.41, 5.74) is 7.40. The summed E-state index contributed by atoms with van der Waals surface area (Å²) < 4.78 is 0. The van der Waals surface area contributed by atoms with Gasteiger partial charge in [0.1, 0.15) is 5.84 Å². The van der Waals surface area contributed by atoms with Crippen molar-refractivity contribution < 1.29 is 0 Å². The number of nitrogen functional groups attached to an aromatic ring is 1. The quantitative estimate of drug-likeness (QED) is 0.633. The first-order chi connectivity index (χ1) is 8.22. The van der Waals surface area contributed by atoms with Crippen LogP contribution in [0.5, 0.6) is 0 Å². The van der Waals surface area contributed by atoms with Crippen molar-refractivity contribution in [2.24, 2.45) is 5.73 Å². The average Bonchev–Trinajstić information content (AvgIpc) is 2.39. The van der Waals surface area contributed by atoms with Gasteiger partial charge >= 0.3 is 0 Å². The van der Waals surface area contributed by atoms with Crippen LogP contribution in [0.3, 0.4) is 0 Å². The number of amidine groups is 1. The van der Waals surface area contributed by atoms with E-state index in [1.54, 1.807) is 6.20 Å². The summed E-state index contributed by atoms with van der Waals surface area (Å²) >= 11 is 2.03. The number of rotatable bonds is 3. The molecule has 1 aliphatic heterocycles. The summed E-state index contributed by atoms with van der Waals surface area (Å²) in [7, 11) is 0. The fourth-order valence-corrected chi connectivity index (χ4v) is 3.23. The third kappa shape index (κ3) is 2.72. The van der Waals surface area contributed by atoms with E-state index in [0.29, 0.717) is 5.25 Å². The second kappa shape index (κ2) is 5.40. The minimum absolute atomic E-state index is 0.119. The zero-order chi connectivity index (χ0) is 12.3. The van der Waals surface area contributed by atoms with Gasteiger partial charge in [0.15, 0.2) is 0 Å². The summed E-state index contributed by atoms with van der Waals surface area (Å²) in [4.78, 5) is 6.45. The molecule has 0 aromatic carbocycles. The third-order valence-electron chi connectivity index (χ3n) is 3.03. The van der Waals surface area contributed by atoms with Crippen LogP contribution in [-0.4, -0.2) is 34.9 Å². The predicted octanol–water partition coefficient (Wildman–Crippen LogP) is 1.70. The Labute approximate surface area is 106 Å². The van der Waals surface area contributed by atoms with Crippen molar-refractivity contribution in [3.63, 3.8) is 0 Å². The fraction of sp³-hybridized carbons (Fsp3) is 0.500. The molecule has 1 aromatic rings. The molecule has 0 amide bonds. The number of thioether (sulfide) groups is 1. The van der Waals surface area contributed by atoms with Crippen LogP contribution >= 0.6 is 11.8 Å². The molecule has 1 aliphatic rings. The first kappa shape index (κ1) is 12.2. The lowest BCUT2D eigenvalue weighted by molar-refractivity contribution is 0.726. The normalized spacial score (nSPS) is 20.3. The lowest BCUT2D eigenvalue weighted by atomic mass is 10.1. The molecule has 1 fully saturated rings. The highest BCUT2D eigenvalue weighted by atomic mass is 32.2. The van der Waals surface area contributed by atoms with Crippen LogP contribution < -0.4 is 10.6 Å². The van der Waals surface area contributed by atoms with E-state index in [-0.39, 0.29) is 5.84 Å². The van der Waals surface area contributed by atoms with Gasteiger partial charge in [-0.25, -0.2) is 0 Å². The number of nitrogens with two attached hydrogens (primary N) is 1. The van der Waals surface area contributed by atoms with Gasteiger partial charge in [-0.15, -0.1) is 0 Å².